The highest BCUT2D eigenvalue weighted by atomic mass is 16.5. The van der Waals surface area contributed by atoms with Crippen LogP contribution in [0.15, 0.2) is 24.3 Å². The van der Waals surface area contributed by atoms with E-state index >= 15 is 0 Å². The van der Waals surface area contributed by atoms with Crippen LogP contribution in [-0.2, 0) is 9.53 Å². The molecule has 1 unspecified atom stereocenters. The highest BCUT2D eigenvalue weighted by Gasteiger charge is 2.22. The lowest BCUT2D eigenvalue weighted by Gasteiger charge is -2.14. The van der Waals surface area contributed by atoms with E-state index in [9.17, 15) is 9.59 Å². The summed E-state index contributed by atoms with van der Waals surface area (Å²) in [4.78, 5) is 22.1. The van der Waals surface area contributed by atoms with Crippen molar-refractivity contribution in [3.8, 4) is 5.75 Å². The minimum atomic E-state index is -1.18. The lowest BCUT2D eigenvalue weighted by atomic mass is 10.1. The zero-order chi connectivity index (χ0) is 12.8. The van der Waals surface area contributed by atoms with E-state index in [1.165, 1.54) is 20.3 Å². The molecule has 1 aromatic rings. The normalized spacial score (nSPS) is 11.4. The molecule has 1 amide bonds. The first-order valence-electron chi connectivity index (χ1n) is 4.79. The van der Waals surface area contributed by atoms with Crippen molar-refractivity contribution in [1.82, 2.24) is 5.32 Å². The Labute approximate surface area is 98.2 Å². The van der Waals surface area contributed by atoms with Crippen LogP contribution in [0.2, 0.25) is 0 Å². The smallest absolute Gasteiger partial charge is 0.407 e. The van der Waals surface area contributed by atoms with Gasteiger partial charge in [-0.2, -0.15) is 0 Å². The van der Waals surface area contributed by atoms with Gasteiger partial charge in [-0.3, -0.25) is 0 Å². The summed E-state index contributed by atoms with van der Waals surface area (Å²) in [5, 5.41) is 11.2. The number of nitrogens with one attached hydrogen (secondary N) is 1. The Morgan fingerprint density at radius 1 is 1.35 bits per heavy atom. The second kappa shape index (κ2) is 5.74. The zero-order valence-corrected chi connectivity index (χ0v) is 9.47. The van der Waals surface area contributed by atoms with Gasteiger partial charge in [-0.25, -0.2) is 9.59 Å². The van der Waals surface area contributed by atoms with Crippen LogP contribution in [0.1, 0.15) is 11.6 Å². The molecule has 1 atom stereocenters. The molecule has 1 rings (SSSR count). The fraction of sp³-hybridized carbons (Fsp3) is 0.273. The van der Waals surface area contributed by atoms with Crippen LogP contribution in [-0.4, -0.2) is 31.4 Å². The van der Waals surface area contributed by atoms with Gasteiger partial charge in [0.1, 0.15) is 5.75 Å². The average molecular weight is 239 g/mol. The first kappa shape index (κ1) is 12.8. The molecule has 0 fully saturated rings. The molecular weight excluding hydrogens is 226 g/mol. The topological polar surface area (TPSA) is 84.9 Å². The largest absolute Gasteiger partial charge is 0.497 e. The molecule has 0 aromatic heterocycles. The Bertz CT molecular complexity index is 418. The molecule has 0 aliphatic carbocycles. The van der Waals surface area contributed by atoms with Gasteiger partial charge in [-0.15, -0.1) is 0 Å². The number of alkyl carbamates (subject to hydrolysis) is 1. The van der Waals surface area contributed by atoms with Gasteiger partial charge in [0.2, 0.25) is 0 Å². The number of benzene rings is 1. The van der Waals surface area contributed by atoms with Gasteiger partial charge in [0, 0.05) is 0 Å². The van der Waals surface area contributed by atoms with Crippen molar-refractivity contribution in [2.45, 2.75) is 6.04 Å². The molecule has 2 N–H and O–H groups in total. The molecule has 6 nitrogen and oxygen atoms in total. The molecule has 0 bridgehead atoms. The summed E-state index contributed by atoms with van der Waals surface area (Å²) < 4.78 is 9.34. The first-order valence-corrected chi connectivity index (χ1v) is 4.79. The number of carboxylic acid groups (broad SMARTS) is 1. The van der Waals surface area contributed by atoms with E-state index < -0.39 is 18.1 Å². The third-order valence-corrected chi connectivity index (χ3v) is 2.12. The van der Waals surface area contributed by atoms with E-state index in [-0.39, 0.29) is 0 Å². The Hall–Kier alpha value is -2.24. The number of aliphatic carboxylic acids is 1. The summed E-state index contributed by atoms with van der Waals surface area (Å²) in [6, 6.07) is 5.27. The molecule has 17 heavy (non-hydrogen) atoms. The summed E-state index contributed by atoms with van der Waals surface area (Å²) in [6.07, 6.45) is -0.805. The fourth-order valence-electron chi connectivity index (χ4n) is 1.29. The molecule has 0 aliphatic rings. The van der Waals surface area contributed by atoms with Crippen molar-refractivity contribution in [1.29, 1.82) is 0 Å². The maximum absolute atomic E-state index is 11.0. The maximum Gasteiger partial charge on any atom is 0.407 e. The predicted octanol–water partition coefficient (Wildman–Crippen LogP) is 1.18. The SMILES string of the molecule is COC(=O)NC(C(=O)O)c1cccc(OC)c1. The first-order chi connectivity index (χ1) is 8.08. The van der Waals surface area contributed by atoms with Gasteiger partial charge in [0.15, 0.2) is 6.04 Å². The highest BCUT2D eigenvalue weighted by molar-refractivity contribution is 5.81. The van der Waals surface area contributed by atoms with Crippen LogP contribution in [0.25, 0.3) is 0 Å². The van der Waals surface area contributed by atoms with Gasteiger partial charge < -0.3 is 19.9 Å². The summed E-state index contributed by atoms with van der Waals surface area (Å²) in [5.41, 5.74) is 0.405. The van der Waals surface area contributed by atoms with Gasteiger partial charge in [-0.1, -0.05) is 12.1 Å². The Balaban J connectivity index is 2.96. The predicted molar refractivity (Wildman–Crippen MR) is 58.9 cm³/mol. The van der Waals surface area contributed by atoms with Gasteiger partial charge in [0.25, 0.3) is 0 Å². The van der Waals surface area contributed by atoms with Crippen LogP contribution >= 0.6 is 0 Å². The number of methoxy groups -OCH3 is 2. The number of carbonyl (C=O) groups is 2. The molecule has 0 aliphatic heterocycles. The van der Waals surface area contributed by atoms with Crippen LogP contribution in [0.4, 0.5) is 4.79 Å². The number of ether oxygens (including phenoxy) is 2. The molecule has 6 heteroatoms. The van der Waals surface area contributed by atoms with Gasteiger partial charge in [0.05, 0.1) is 14.2 Å². The fourth-order valence-corrected chi connectivity index (χ4v) is 1.29. The number of hydrogen-bond donors (Lipinski definition) is 2. The molecule has 92 valence electrons. The zero-order valence-electron chi connectivity index (χ0n) is 9.47. The summed E-state index contributed by atoms with van der Waals surface area (Å²) in [6.45, 7) is 0. The molecule has 0 saturated carbocycles. The van der Waals surface area contributed by atoms with E-state index in [4.69, 9.17) is 9.84 Å². The lowest BCUT2D eigenvalue weighted by Crippen LogP contribution is -2.33. The van der Waals surface area contributed by atoms with Gasteiger partial charge in [-0.05, 0) is 17.7 Å². The van der Waals surface area contributed by atoms with Crippen molar-refractivity contribution in [2.24, 2.45) is 0 Å². The number of amides is 1. The molecular formula is C11H13NO5. The standard InChI is InChI=1S/C11H13NO5/c1-16-8-5-3-4-7(6-8)9(10(13)14)12-11(15)17-2/h3-6,9H,1-2H3,(H,12,15)(H,13,14). The molecule has 0 saturated heterocycles. The Morgan fingerprint density at radius 2 is 2.06 bits per heavy atom. The molecule has 0 spiro atoms. The van der Waals surface area contributed by atoms with Crippen molar-refractivity contribution in [2.75, 3.05) is 14.2 Å². The van der Waals surface area contributed by atoms with E-state index in [0.29, 0.717) is 11.3 Å². The highest BCUT2D eigenvalue weighted by Crippen LogP contribution is 2.19. The number of rotatable bonds is 4. The van der Waals surface area contributed by atoms with Crippen LogP contribution in [0, 0.1) is 0 Å². The van der Waals surface area contributed by atoms with Crippen molar-refractivity contribution in [3.63, 3.8) is 0 Å². The van der Waals surface area contributed by atoms with Crippen molar-refractivity contribution >= 4 is 12.1 Å². The molecule has 1 aromatic carbocycles. The number of carbonyl (C=O) groups excluding carboxylic acids is 1. The van der Waals surface area contributed by atoms with Crippen LogP contribution in [0.5, 0.6) is 5.75 Å². The van der Waals surface area contributed by atoms with Crippen molar-refractivity contribution in [3.05, 3.63) is 29.8 Å². The van der Waals surface area contributed by atoms with E-state index in [1.54, 1.807) is 18.2 Å². The Morgan fingerprint density at radius 3 is 2.59 bits per heavy atom. The summed E-state index contributed by atoms with van der Waals surface area (Å²) >= 11 is 0. The maximum atomic E-state index is 11.0. The summed E-state index contributed by atoms with van der Waals surface area (Å²) in [7, 11) is 2.64. The van der Waals surface area contributed by atoms with Crippen LogP contribution < -0.4 is 10.1 Å². The third kappa shape index (κ3) is 3.37. The molecule has 0 heterocycles. The van der Waals surface area contributed by atoms with E-state index in [2.05, 4.69) is 10.1 Å². The lowest BCUT2D eigenvalue weighted by molar-refractivity contribution is -0.139. The van der Waals surface area contributed by atoms with E-state index in [1.807, 2.05) is 0 Å². The molecule has 0 radical (unpaired) electrons. The minimum absolute atomic E-state index is 0.405. The monoisotopic (exact) mass is 239 g/mol. The number of carboxylic acids is 1. The number of hydrogen-bond acceptors (Lipinski definition) is 4. The Kier molecular flexibility index (Phi) is 4.33. The van der Waals surface area contributed by atoms with Gasteiger partial charge >= 0.3 is 12.1 Å². The van der Waals surface area contributed by atoms with Crippen molar-refractivity contribution < 1.29 is 24.2 Å². The third-order valence-electron chi connectivity index (χ3n) is 2.12. The van der Waals surface area contributed by atoms with E-state index in [0.717, 1.165) is 0 Å². The second-order valence-electron chi connectivity index (χ2n) is 3.18. The van der Waals surface area contributed by atoms with Crippen LogP contribution in [0.3, 0.4) is 0 Å². The average Bonchev–Trinajstić information content (AvgIpc) is 2.35. The quantitative estimate of drug-likeness (QED) is 0.824. The summed E-state index contributed by atoms with van der Waals surface area (Å²) in [5.74, 6) is -0.663. The second-order valence-corrected chi connectivity index (χ2v) is 3.18. The minimum Gasteiger partial charge on any atom is -0.497 e.